The highest BCUT2D eigenvalue weighted by Crippen LogP contribution is 2.24. The number of methoxy groups -OCH3 is 1. The van der Waals surface area contributed by atoms with E-state index in [-0.39, 0.29) is 11.5 Å². The Morgan fingerprint density at radius 1 is 1.15 bits per heavy atom. The van der Waals surface area contributed by atoms with E-state index >= 15 is 0 Å². The van der Waals surface area contributed by atoms with Crippen LogP contribution >= 0.6 is 0 Å². The molecule has 3 rings (SSSR count). The minimum atomic E-state index is -0.626. The van der Waals surface area contributed by atoms with E-state index in [4.69, 9.17) is 9.47 Å². The lowest BCUT2D eigenvalue weighted by molar-refractivity contribution is -0.119. The molecule has 1 heterocycles. The molecule has 0 unspecified atom stereocenters. The summed E-state index contributed by atoms with van der Waals surface area (Å²) in [5, 5.41) is 2.64. The Hall–Kier alpha value is -3.35. The standard InChI is InChI=1S/C20H20N2O5/c1-26-17-9-3-2-8-16(17)21-18(23)13-27-20(25)14-6-4-7-15(12-14)22-11-5-10-19(22)24/h2-4,6-9,12H,5,10-11,13H2,1H3,(H,21,23). The van der Waals surface area contributed by atoms with E-state index in [9.17, 15) is 14.4 Å². The van der Waals surface area contributed by atoms with E-state index in [0.717, 1.165) is 6.42 Å². The first-order valence-electron chi connectivity index (χ1n) is 8.59. The van der Waals surface area contributed by atoms with Gasteiger partial charge in [0, 0.05) is 18.7 Å². The maximum atomic E-state index is 12.2. The molecule has 1 N–H and O–H groups in total. The molecular formula is C20H20N2O5. The molecule has 27 heavy (non-hydrogen) atoms. The second kappa shape index (κ2) is 8.35. The van der Waals surface area contributed by atoms with Crippen molar-refractivity contribution in [1.82, 2.24) is 0 Å². The first-order chi connectivity index (χ1) is 13.1. The molecule has 7 nitrogen and oxygen atoms in total. The maximum Gasteiger partial charge on any atom is 0.338 e. The molecule has 1 aliphatic heterocycles. The van der Waals surface area contributed by atoms with Crippen molar-refractivity contribution in [1.29, 1.82) is 0 Å². The molecule has 0 spiro atoms. The van der Waals surface area contributed by atoms with Crippen LogP contribution < -0.4 is 15.0 Å². The summed E-state index contributed by atoms with van der Waals surface area (Å²) in [6.45, 7) is 0.211. The van der Waals surface area contributed by atoms with E-state index in [1.807, 2.05) is 0 Å². The maximum absolute atomic E-state index is 12.2. The van der Waals surface area contributed by atoms with Gasteiger partial charge < -0.3 is 19.7 Å². The zero-order chi connectivity index (χ0) is 19.2. The second-order valence-electron chi connectivity index (χ2n) is 6.02. The van der Waals surface area contributed by atoms with Gasteiger partial charge in [0.05, 0.1) is 18.4 Å². The lowest BCUT2D eigenvalue weighted by Gasteiger charge is -2.16. The average molecular weight is 368 g/mol. The van der Waals surface area contributed by atoms with Crippen LogP contribution in [0.5, 0.6) is 5.75 Å². The Morgan fingerprint density at radius 2 is 1.96 bits per heavy atom. The first kappa shape index (κ1) is 18.4. The molecule has 0 atom stereocenters. The van der Waals surface area contributed by atoms with Crippen molar-refractivity contribution >= 4 is 29.2 Å². The summed E-state index contributed by atoms with van der Waals surface area (Å²) in [7, 11) is 1.50. The number of hydrogen-bond acceptors (Lipinski definition) is 5. The number of ether oxygens (including phenoxy) is 2. The van der Waals surface area contributed by atoms with Gasteiger partial charge in [-0.15, -0.1) is 0 Å². The van der Waals surface area contributed by atoms with Crippen molar-refractivity contribution < 1.29 is 23.9 Å². The molecule has 0 saturated carbocycles. The Kier molecular flexibility index (Phi) is 5.71. The van der Waals surface area contributed by atoms with Gasteiger partial charge in [-0.3, -0.25) is 9.59 Å². The number of amides is 2. The zero-order valence-electron chi connectivity index (χ0n) is 14.9. The van der Waals surface area contributed by atoms with Gasteiger partial charge in [-0.05, 0) is 36.8 Å². The number of anilines is 2. The third kappa shape index (κ3) is 4.44. The molecule has 2 aromatic rings. The summed E-state index contributed by atoms with van der Waals surface area (Å²) < 4.78 is 10.2. The van der Waals surface area contributed by atoms with Gasteiger partial charge in [0.15, 0.2) is 6.61 Å². The van der Waals surface area contributed by atoms with Crippen molar-refractivity contribution in [3.63, 3.8) is 0 Å². The minimum absolute atomic E-state index is 0.0386. The summed E-state index contributed by atoms with van der Waals surface area (Å²) in [4.78, 5) is 37.8. The predicted molar refractivity (Wildman–Crippen MR) is 99.9 cm³/mol. The van der Waals surface area contributed by atoms with Gasteiger partial charge in [0.1, 0.15) is 5.75 Å². The number of esters is 1. The monoisotopic (exact) mass is 368 g/mol. The van der Waals surface area contributed by atoms with Crippen LogP contribution in [0.4, 0.5) is 11.4 Å². The number of benzene rings is 2. The van der Waals surface area contributed by atoms with Gasteiger partial charge in [-0.2, -0.15) is 0 Å². The van der Waals surface area contributed by atoms with Crippen LogP contribution in [0.3, 0.4) is 0 Å². The molecule has 2 aromatic carbocycles. The second-order valence-corrected chi connectivity index (χ2v) is 6.02. The Labute approximate surface area is 156 Å². The number of nitrogens with one attached hydrogen (secondary N) is 1. The van der Waals surface area contributed by atoms with Crippen LogP contribution in [0, 0.1) is 0 Å². The number of hydrogen-bond donors (Lipinski definition) is 1. The molecule has 0 radical (unpaired) electrons. The summed E-state index contributed by atoms with van der Waals surface area (Å²) in [6, 6.07) is 13.6. The minimum Gasteiger partial charge on any atom is -0.495 e. The summed E-state index contributed by atoms with van der Waals surface area (Å²) in [5.74, 6) is -0.547. The molecule has 7 heteroatoms. The quantitative estimate of drug-likeness (QED) is 0.793. The Morgan fingerprint density at radius 3 is 2.70 bits per heavy atom. The van der Waals surface area contributed by atoms with Crippen LogP contribution in [0.15, 0.2) is 48.5 Å². The Bertz CT molecular complexity index is 865. The van der Waals surface area contributed by atoms with Crippen LogP contribution in [0.2, 0.25) is 0 Å². The van der Waals surface area contributed by atoms with Gasteiger partial charge in [-0.1, -0.05) is 18.2 Å². The van der Waals surface area contributed by atoms with Crippen LogP contribution in [0.1, 0.15) is 23.2 Å². The van der Waals surface area contributed by atoms with Gasteiger partial charge in [0.2, 0.25) is 5.91 Å². The number of carbonyl (C=O) groups excluding carboxylic acids is 3. The smallest absolute Gasteiger partial charge is 0.338 e. The lowest BCUT2D eigenvalue weighted by Crippen LogP contribution is -2.24. The molecule has 1 aliphatic rings. The topological polar surface area (TPSA) is 84.9 Å². The zero-order valence-corrected chi connectivity index (χ0v) is 14.9. The molecule has 0 aromatic heterocycles. The van der Waals surface area contributed by atoms with E-state index in [0.29, 0.717) is 30.1 Å². The normalized spacial score (nSPS) is 13.4. The van der Waals surface area contributed by atoms with Crippen molar-refractivity contribution in [2.75, 3.05) is 30.5 Å². The fourth-order valence-electron chi connectivity index (χ4n) is 2.87. The van der Waals surface area contributed by atoms with Gasteiger partial charge >= 0.3 is 5.97 Å². The molecule has 0 bridgehead atoms. The fourth-order valence-corrected chi connectivity index (χ4v) is 2.87. The number of nitrogens with zero attached hydrogens (tertiary/aromatic N) is 1. The highest BCUT2D eigenvalue weighted by Gasteiger charge is 2.22. The van der Waals surface area contributed by atoms with Crippen molar-refractivity contribution in [3.05, 3.63) is 54.1 Å². The number of para-hydroxylation sites is 2. The number of rotatable bonds is 6. The summed E-state index contributed by atoms with van der Waals surface area (Å²) in [6.07, 6.45) is 1.31. The SMILES string of the molecule is COc1ccccc1NC(=O)COC(=O)c1cccc(N2CCCC2=O)c1. The molecule has 0 aliphatic carbocycles. The summed E-state index contributed by atoms with van der Waals surface area (Å²) >= 11 is 0. The highest BCUT2D eigenvalue weighted by molar-refractivity contribution is 5.99. The van der Waals surface area contributed by atoms with Crippen LogP contribution in [-0.2, 0) is 14.3 Å². The third-order valence-electron chi connectivity index (χ3n) is 4.18. The van der Waals surface area contributed by atoms with Crippen molar-refractivity contribution in [2.24, 2.45) is 0 Å². The largest absolute Gasteiger partial charge is 0.495 e. The average Bonchev–Trinajstić information content (AvgIpc) is 3.12. The van der Waals surface area contributed by atoms with Crippen LogP contribution in [-0.4, -0.2) is 38.0 Å². The molecular weight excluding hydrogens is 348 g/mol. The molecule has 2 amide bonds. The number of carbonyl (C=O) groups is 3. The molecule has 1 saturated heterocycles. The van der Waals surface area contributed by atoms with Gasteiger partial charge in [-0.25, -0.2) is 4.79 Å². The first-order valence-corrected chi connectivity index (χ1v) is 8.59. The van der Waals surface area contributed by atoms with Crippen molar-refractivity contribution in [3.8, 4) is 5.75 Å². The van der Waals surface area contributed by atoms with E-state index in [1.165, 1.54) is 7.11 Å². The highest BCUT2D eigenvalue weighted by atomic mass is 16.5. The fraction of sp³-hybridized carbons (Fsp3) is 0.250. The molecule has 140 valence electrons. The lowest BCUT2D eigenvalue weighted by atomic mass is 10.2. The van der Waals surface area contributed by atoms with Crippen molar-refractivity contribution in [2.45, 2.75) is 12.8 Å². The van der Waals surface area contributed by atoms with Gasteiger partial charge in [0.25, 0.3) is 5.91 Å². The molecule has 1 fully saturated rings. The predicted octanol–water partition coefficient (Wildman–Crippen LogP) is 2.62. The van der Waals surface area contributed by atoms with E-state index in [1.54, 1.807) is 53.4 Å². The van der Waals surface area contributed by atoms with Crippen LogP contribution in [0.25, 0.3) is 0 Å². The van der Waals surface area contributed by atoms with E-state index in [2.05, 4.69) is 5.32 Å². The summed E-state index contributed by atoms with van der Waals surface area (Å²) in [5.41, 5.74) is 1.44. The third-order valence-corrected chi connectivity index (χ3v) is 4.18. The van der Waals surface area contributed by atoms with E-state index < -0.39 is 18.5 Å². The Balaban J connectivity index is 1.59.